The van der Waals surface area contributed by atoms with Crippen LogP contribution in [0.5, 0.6) is 0 Å². The molecule has 2 heterocycles. The molecule has 2 aromatic carbocycles. The van der Waals surface area contributed by atoms with Crippen LogP contribution in [0.15, 0.2) is 42.5 Å². The maximum atomic E-state index is 13.4. The van der Waals surface area contributed by atoms with Gasteiger partial charge in [0.15, 0.2) is 0 Å². The monoisotopic (exact) mass is 503 g/mol. The molecule has 0 aliphatic heterocycles. The van der Waals surface area contributed by atoms with E-state index in [1.54, 1.807) is 11.8 Å². The van der Waals surface area contributed by atoms with Crippen molar-refractivity contribution in [3.8, 4) is 11.3 Å². The highest BCUT2D eigenvalue weighted by molar-refractivity contribution is 6.30. The number of aryl methyl sites for hydroxylation is 4. The van der Waals surface area contributed by atoms with E-state index in [9.17, 15) is 4.79 Å². The average Bonchev–Trinajstić information content (AvgIpc) is 3.44. The molecule has 0 spiro atoms. The number of ether oxygens (including phenoxy) is 1. The second-order valence-corrected chi connectivity index (χ2v) is 9.78. The molecule has 0 radical (unpaired) electrons. The van der Waals surface area contributed by atoms with Crippen LogP contribution in [0.25, 0.3) is 22.2 Å². The van der Waals surface area contributed by atoms with Gasteiger partial charge in [0.2, 0.25) is 5.91 Å². The zero-order valence-corrected chi connectivity index (χ0v) is 21.7. The van der Waals surface area contributed by atoms with Crippen molar-refractivity contribution < 1.29 is 9.53 Å². The molecule has 0 unspecified atom stereocenters. The van der Waals surface area contributed by atoms with E-state index >= 15 is 0 Å². The van der Waals surface area contributed by atoms with Crippen LogP contribution in [-0.2, 0) is 35.5 Å². The fourth-order valence-electron chi connectivity index (χ4n) is 4.91. The summed E-state index contributed by atoms with van der Waals surface area (Å²) in [7, 11) is 1.64. The summed E-state index contributed by atoms with van der Waals surface area (Å²) < 4.78 is 6.98. The van der Waals surface area contributed by atoms with Crippen LogP contribution in [0.2, 0.25) is 5.02 Å². The molecule has 5 rings (SSSR count). The third-order valence-corrected chi connectivity index (χ3v) is 7.00. The number of hydrogen-bond donors (Lipinski definition) is 0. The Morgan fingerprint density at radius 2 is 1.83 bits per heavy atom. The first kappa shape index (κ1) is 24.4. The van der Waals surface area contributed by atoms with Crippen molar-refractivity contribution in [1.29, 1.82) is 0 Å². The molecule has 36 heavy (non-hydrogen) atoms. The molecule has 0 fully saturated rings. The number of benzene rings is 2. The number of fused-ring (bicyclic) bond motifs is 2. The van der Waals surface area contributed by atoms with Gasteiger partial charge < -0.3 is 9.64 Å². The van der Waals surface area contributed by atoms with Crippen molar-refractivity contribution in [3.05, 3.63) is 75.8 Å². The molecule has 2 aromatic heterocycles. The third-order valence-electron chi connectivity index (χ3n) is 6.75. The lowest BCUT2D eigenvalue weighted by molar-refractivity contribution is -0.133. The Kier molecular flexibility index (Phi) is 7.03. The highest BCUT2D eigenvalue weighted by Gasteiger charge is 2.21. The predicted octanol–water partition coefficient (Wildman–Crippen LogP) is 4.93. The molecule has 1 aliphatic rings. The zero-order chi connectivity index (χ0) is 25.2. The summed E-state index contributed by atoms with van der Waals surface area (Å²) in [5.41, 5.74) is 6.59. The van der Waals surface area contributed by atoms with Crippen LogP contribution in [0, 0.1) is 13.8 Å². The minimum atomic E-state index is -0.0452. The molecule has 4 aromatic rings. The topological polar surface area (TPSA) is 73.1 Å². The number of hydrogen-bond acceptors (Lipinski definition) is 5. The van der Waals surface area contributed by atoms with Gasteiger partial charge in [0.05, 0.1) is 17.8 Å². The normalized spacial score (nSPS) is 12.8. The summed E-state index contributed by atoms with van der Waals surface area (Å²) in [5.74, 6) is 1.33. The van der Waals surface area contributed by atoms with Crippen molar-refractivity contribution in [1.82, 2.24) is 24.6 Å². The van der Waals surface area contributed by atoms with Crippen molar-refractivity contribution >= 4 is 28.4 Å². The lowest BCUT2D eigenvalue weighted by Gasteiger charge is -2.24. The average molecular weight is 504 g/mol. The predicted molar refractivity (Wildman–Crippen MR) is 141 cm³/mol. The van der Waals surface area contributed by atoms with Gasteiger partial charge in [-0.2, -0.15) is 5.10 Å². The van der Waals surface area contributed by atoms with Crippen LogP contribution in [0.4, 0.5) is 0 Å². The molecule has 0 saturated heterocycles. The minimum absolute atomic E-state index is 0.0452. The van der Waals surface area contributed by atoms with Gasteiger partial charge in [0, 0.05) is 36.2 Å². The van der Waals surface area contributed by atoms with Crippen molar-refractivity contribution in [2.45, 2.75) is 46.2 Å². The standard InChI is InChI=1S/C28H30ClN5O2/c1-18-30-19(2)34(32-18)17-27(35)33(11-12-36-3)16-24-14-23-13-21-5-4-6-22(21)15-26(23)31-28(24)20-7-9-25(29)10-8-20/h7-10,13-15H,4-6,11-12,16-17H2,1-3H3. The number of methoxy groups -OCH3 is 1. The molecule has 0 saturated carbocycles. The molecule has 8 heteroatoms. The van der Waals surface area contributed by atoms with E-state index in [4.69, 9.17) is 21.3 Å². The van der Waals surface area contributed by atoms with Crippen LogP contribution >= 0.6 is 11.6 Å². The summed E-state index contributed by atoms with van der Waals surface area (Å²) in [6.45, 7) is 5.12. The maximum Gasteiger partial charge on any atom is 0.244 e. The molecule has 186 valence electrons. The van der Waals surface area contributed by atoms with E-state index in [1.807, 2.05) is 43.0 Å². The van der Waals surface area contributed by atoms with Gasteiger partial charge in [-0.25, -0.2) is 14.6 Å². The Morgan fingerprint density at radius 1 is 1.08 bits per heavy atom. The van der Waals surface area contributed by atoms with Crippen LogP contribution in [-0.4, -0.2) is 50.8 Å². The largest absolute Gasteiger partial charge is 0.383 e. The Hall–Kier alpha value is -3.29. The lowest BCUT2D eigenvalue weighted by Crippen LogP contribution is -2.36. The summed E-state index contributed by atoms with van der Waals surface area (Å²) in [6.07, 6.45) is 3.39. The highest BCUT2D eigenvalue weighted by Crippen LogP contribution is 2.32. The van der Waals surface area contributed by atoms with Gasteiger partial charge in [-0.05, 0) is 80.1 Å². The number of pyridine rings is 1. The summed E-state index contributed by atoms with van der Waals surface area (Å²) in [5, 5.41) is 6.15. The molecule has 1 amide bonds. The Bertz CT molecular complexity index is 1410. The fourth-order valence-corrected chi connectivity index (χ4v) is 5.03. The summed E-state index contributed by atoms with van der Waals surface area (Å²) in [4.78, 5) is 24.7. The molecule has 0 bridgehead atoms. The van der Waals surface area contributed by atoms with Crippen LogP contribution < -0.4 is 0 Å². The van der Waals surface area contributed by atoms with Gasteiger partial charge >= 0.3 is 0 Å². The number of aromatic nitrogens is 4. The van der Waals surface area contributed by atoms with E-state index in [0.717, 1.165) is 46.4 Å². The zero-order valence-electron chi connectivity index (χ0n) is 20.9. The smallest absolute Gasteiger partial charge is 0.244 e. The quantitative estimate of drug-likeness (QED) is 0.341. The molecule has 0 atom stereocenters. The van der Waals surface area contributed by atoms with Crippen LogP contribution in [0.3, 0.4) is 0 Å². The molecule has 7 nitrogen and oxygen atoms in total. The summed E-state index contributed by atoms with van der Waals surface area (Å²) in [6, 6.07) is 14.4. The fraction of sp³-hybridized carbons (Fsp3) is 0.357. The second kappa shape index (κ2) is 10.4. The number of carbonyl (C=O) groups excluding carboxylic acids is 1. The van der Waals surface area contributed by atoms with E-state index < -0.39 is 0 Å². The van der Waals surface area contributed by atoms with E-state index in [-0.39, 0.29) is 12.5 Å². The first-order valence-corrected chi connectivity index (χ1v) is 12.6. The van der Waals surface area contributed by atoms with Gasteiger partial charge in [-0.15, -0.1) is 0 Å². The number of rotatable bonds is 8. The minimum Gasteiger partial charge on any atom is -0.383 e. The Balaban J connectivity index is 1.54. The Labute approximate surface area is 216 Å². The number of amides is 1. The summed E-state index contributed by atoms with van der Waals surface area (Å²) >= 11 is 6.17. The van der Waals surface area contributed by atoms with E-state index in [1.165, 1.54) is 17.5 Å². The number of nitrogens with zero attached hydrogens (tertiary/aromatic N) is 5. The van der Waals surface area contributed by atoms with Crippen molar-refractivity contribution in [2.75, 3.05) is 20.3 Å². The number of carbonyl (C=O) groups is 1. The van der Waals surface area contributed by atoms with E-state index in [0.29, 0.717) is 30.5 Å². The first-order chi connectivity index (χ1) is 17.4. The van der Waals surface area contributed by atoms with Gasteiger partial charge in [-0.1, -0.05) is 23.7 Å². The first-order valence-electron chi connectivity index (χ1n) is 12.3. The number of halogens is 1. The lowest BCUT2D eigenvalue weighted by atomic mass is 10.00. The van der Waals surface area contributed by atoms with E-state index in [2.05, 4.69) is 28.3 Å². The molecule has 0 N–H and O–H groups in total. The maximum absolute atomic E-state index is 13.4. The highest BCUT2D eigenvalue weighted by atomic mass is 35.5. The van der Waals surface area contributed by atoms with Gasteiger partial charge in [0.1, 0.15) is 18.2 Å². The van der Waals surface area contributed by atoms with Gasteiger partial charge in [-0.3, -0.25) is 4.79 Å². The SMILES string of the molecule is COCCN(Cc1cc2cc3c(cc2nc1-c1ccc(Cl)cc1)CCC3)C(=O)Cn1nc(C)nc1C. The van der Waals surface area contributed by atoms with Crippen LogP contribution in [0.1, 0.15) is 34.8 Å². The molecular formula is C28H30ClN5O2. The molecule has 1 aliphatic carbocycles. The van der Waals surface area contributed by atoms with Crippen molar-refractivity contribution in [2.24, 2.45) is 0 Å². The van der Waals surface area contributed by atoms with Gasteiger partial charge in [0.25, 0.3) is 0 Å². The second-order valence-electron chi connectivity index (χ2n) is 9.34. The Morgan fingerprint density at radius 3 is 2.53 bits per heavy atom. The molecular weight excluding hydrogens is 474 g/mol. The van der Waals surface area contributed by atoms with Crippen molar-refractivity contribution in [3.63, 3.8) is 0 Å². The third kappa shape index (κ3) is 5.13.